The summed E-state index contributed by atoms with van der Waals surface area (Å²) in [5.74, 6) is 0.834. The maximum absolute atomic E-state index is 12.0. The molecule has 2 rings (SSSR count). The van der Waals surface area contributed by atoms with Gasteiger partial charge in [0.05, 0.1) is 0 Å². The molecular formula is C15H28N2O. The summed E-state index contributed by atoms with van der Waals surface area (Å²) in [4.78, 5) is 12.0. The molecule has 3 N–H and O–H groups in total. The van der Waals surface area contributed by atoms with Crippen LogP contribution in [0, 0.1) is 5.92 Å². The third kappa shape index (κ3) is 3.71. The number of hydrogen-bond acceptors (Lipinski definition) is 2. The Labute approximate surface area is 111 Å². The average molecular weight is 252 g/mol. The lowest BCUT2D eigenvalue weighted by atomic mass is 9.75. The minimum Gasteiger partial charge on any atom is -0.353 e. The highest BCUT2D eigenvalue weighted by Gasteiger charge is 2.35. The first-order chi connectivity index (χ1) is 8.59. The first-order valence-electron chi connectivity index (χ1n) is 7.67. The van der Waals surface area contributed by atoms with Crippen LogP contribution < -0.4 is 11.1 Å². The SMILES string of the molecule is C[C@@H](NC(=O)CC1(N)CCC1)C1CCCCCC1. The van der Waals surface area contributed by atoms with Gasteiger partial charge in [-0.2, -0.15) is 0 Å². The van der Waals surface area contributed by atoms with Gasteiger partial charge in [-0.1, -0.05) is 25.7 Å². The van der Waals surface area contributed by atoms with Crippen LogP contribution in [-0.4, -0.2) is 17.5 Å². The molecule has 2 aliphatic rings. The quantitative estimate of drug-likeness (QED) is 0.756. The van der Waals surface area contributed by atoms with Gasteiger partial charge < -0.3 is 11.1 Å². The molecule has 0 unspecified atom stereocenters. The molecule has 0 aliphatic heterocycles. The zero-order valence-electron chi connectivity index (χ0n) is 11.7. The van der Waals surface area contributed by atoms with Gasteiger partial charge in [-0.15, -0.1) is 0 Å². The number of carbonyl (C=O) groups excluding carboxylic acids is 1. The number of nitrogens with one attached hydrogen (secondary N) is 1. The second-order valence-electron chi connectivity index (χ2n) is 6.50. The molecule has 104 valence electrons. The van der Waals surface area contributed by atoms with Gasteiger partial charge in [0.2, 0.25) is 5.91 Å². The molecule has 0 saturated heterocycles. The Balaban J connectivity index is 1.75. The van der Waals surface area contributed by atoms with Crippen molar-refractivity contribution in [3.63, 3.8) is 0 Å². The van der Waals surface area contributed by atoms with Crippen molar-refractivity contribution in [1.29, 1.82) is 0 Å². The highest BCUT2D eigenvalue weighted by Crippen LogP contribution is 2.32. The molecule has 3 heteroatoms. The summed E-state index contributed by atoms with van der Waals surface area (Å²) in [5.41, 5.74) is 5.93. The average Bonchev–Trinajstić information content (AvgIpc) is 2.55. The van der Waals surface area contributed by atoms with Gasteiger partial charge in [-0.25, -0.2) is 0 Å². The lowest BCUT2D eigenvalue weighted by Gasteiger charge is -2.38. The molecule has 0 aromatic carbocycles. The normalized spacial score (nSPS) is 25.9. The Kier molecular flexibility index (Phi) is 4.66. The van der Waals surface area contributed by atoms with Crippen LogP contribution in [0.4, 0.5) is 0 Å². The summed E-state index contributed by atoms with van der Waals surface area (Å²) in [6.45, 7) is 2.16. The van der Waals surface area contributed by atoms with Crippen molar-refractivity contribution in [2.75, 3.05) is 0 Å². The van der Waals surface area contributed by atoms with E-state index in [0.29, 0.717) is 18.4 Å². The lowest BCUT2D eigenvalue weighted by Crippen LogP contribution is -2.51. The standard InChI is InChI=1S/C15H28N2O/c1-12(13-7-4-2-3-5-8-13)17-14(18)11-15(16)9-6-10-15/h12-13H,2-11,16H2,1H3,(H,17,18)/t12-/m1/s1. The number of nitrogens with two attached hydrogens (primary N) is 1. The molecule has 1 atom stereocenters. The maximum Gasteiger partial charge on any atom is 0.222 e. The zero-order chi connectivity index (χ0) is 13.0. The van der Waals surface area contributed by atoms with Crippen molar-refractivity contribution in [3.8, 4) is 0 Å². The molecule has 1 amide bonds. The molecule has 2 saturated carbocycles. The third-order valence-corrected chi connectivity index (χ3v) is 4.86. The van der Waals surface area contributed by atoms with Crippen molar-refractivity contribution in [1.82, 2.24) is 5.32 Å². The van der Waals surface area contributed by atoms with E-state index in [2.05, 4.69) is 12.2 Å². The van der Waals surface area contributed by atoms with E-state index in [-0.39, 0.29) is 11.4 Å². The number of rotatable bonds is 4. The van der Waals surface area contributed by atoms with Crippen LogP contribution in [0.1, 0.15) is 71.1 Å². The fraction of sp³-hybridized carbons (Fsp3) is 0.933. The molecular weight excluding hydrogens is 224 g/mol. The highest BCUT2D eigenvalue weighted by molar-refractivity contribution is 5.77. The molecule has 0 bridgehead atoms. The predicted octanol–water partition coefficient (Wildman–Crippen LogP) is 2.73. The molecule has 0 radical (unpaired) electrons. The Morgan fingerprint density at radius 1 is 1.22 bits per heavy atom. The first-order valence-corrected chi connectivity index (χ1v) is 7.67. The Morgan fingerprint density at radius 2 is 1.83 bits per heavy atom. The van der Waals surface area contributed by atoms with Crippen molar-refractivity contribution in [2.45, 2.75) is 82.7 Å². The summed E-state index contributed by atoms with van der Waals surface area (Å²) in [5, 5.41) is 3.18. The van der Waals surface area contributed by atoms with Crippen molar-refractivity contribution >= 4 is 5.91 Å². The summed E-state index contributed by atoms with van der Waals surface area (Å²) in [6, 6.07) is 0.319. The monoisotopic (exact) mass is 252 g/mol. The molecule has 2 fully saturated rings. The van der Waals surface area contributed by atoms with E-state index in [9.17, 15) is 4.79 Å². The molecule has 18 heavy (non-hydrogen) atoms. The molecule has 0 aromatic rings. The molecule has 0 heterocycles. The number of hydrogen-bond donors (Lipinski definition) is 2. The van der Waals surface area contributed by atoms with Gasteiger partial charge in [0.25, 0.3) is 0 Å². The van der Waals surface area contributed by atoms with E-state index in [1.807, 2.05) is 0 Å². The fourth-order valence-electron chi connectivity index (χ4n) is 3.36. The first kappa shape index (κ1) is 13.9. The largest absolute Gasteiger partial charge is 0.353 e. The van der Waals surface area contributed by atoms with Crippen LogP contribution in [0.3, 0.4) is 0 Å². The van der Waals surface area contributed by atoms with Crippen LogP contribution in [0.25, 0.3) is 0 Å². The van der Waals surface area contributed by atoms with E-state index in [1.54, 1.807) is 0 Å². The van der Waals surface area contributed by atoms with E-state index in [4.69, 9.17) is 5.73 Å². The molecule has 3 nitrogen and oxygen atoms in total. The van der Waals surface area contributed by atoms with Crippen LogP contribution in [0.5, 0.6) is 0 Å². The van der Waals surface area contributed by atoms with Gasteiger partial charge in [0, 0.05) is 18.0 Å². The van der Waals surface area contributed by atoms with Crippen LogP contribution in [0.15, 0.2) is 0 Å². The number of amides is 1. The van der Waals surface area contributed by atoms with Crippen LogP contribution >= 0.6 is 0 Å². The third-order valence-electron chi connectivity index (χ3n) is 4.86. The Hall–Kier alpha value is -0.570. The fourth-order valence-corrected chi connectivity index (χ4v) is 3.36. The second-order valence-corrected chi connectivity index (χ2v) is 6.50. The van der Waals surface area contributed by atoms with Gasteiger partial charge in [-0.3, -0.25) is 4.79 Å². The summed E-state index contributed by atoms with van der Waals surface area (Å²) < 4.78 is 0. The Morgan fingerprint density at radius 3 is 2.33 bits per heavy atom. The second kappa shape index (κ2) is 6.05. The van der Waals surface area contributed by atoms with E-state index in [0.717, 1.165) is 12.8 Å². The number of carbonyl (C=O) groups is 1. The van der Waals surface area contributed by atoms with Crippen LogP contribution in [-0.2, 0) is 4.79 Å². The Bertz CT molecular complexity index is 278. The van der Waals surface area contributed by atoms with Gasteiger partial charge in [0.1, 0.15) is 0 Å². The lowest BCUT2D eigenvalue weighted by molar-refractivity contribution is -0.124. The van der Waals surface area contributed by atoms with Crippen LogP contribution in [0.2, 0.25) is 0 Å². The molecule has 0 spiro atoms. The van der Waals surface area contributed by atoms with Gasteiger partial charge in [0.15, 0.2) is 0 Å². The summed E-state index contributed by atoms with van der Waals surface area (Å²) in [7, 11) is 0. The van der Waals surface area contributed by atoms with Crippen molar-refractivity contribution in [2.24, 2.45) is 11.7 Å². The highest BCUT2D eigenvalue weighted by atomic mass is 16.1. The topological polar surface area (TPSA) is 55.1 Å². The minimum atomic E-state index is -0.187. The molecule has 0 aromatic heterocycles. The zero-order valence-corrected chi connectivity index (χ0v) is 11.7. The van der Waals surface area contributed by atoms with Crippen molar-refractivity contribution < 1.29 is 4.79 Å². The smallest absolute Gasteiger partial charge is 0.222 e. The maximum atomic E-state index is 12.0. The summed E-state index contributed by atoms with van der Waals surface area (Å²) in [6.07, 6.45) is 11.6. The molecule has 2 aliphatic carbocycles. The van der Waals surface area contributed by atoms with Gasteiger partial charge >= 0.3 is 0 Å². The van der Waals surface area contributed by atoms with E-state index < -0.39 is 0 Å². The van der Waals surface area contributed by atoms with Crippen molar-refractivity contribution in [3.05, 3.63) is 0 Å². The van der Waals surface area contributed by atoms with E-state index >= 15 is 0 Å². The van der Waals surface area contributed by atoms with E-state index in [1.165, 1.54) is 44.9 Å². The summed E-state index contributed by atoms with van der Waals surface area (Å²) >= 11 is 0. The predicted molar refractivity (Wildman–Crippen MR) is 74.2 cm³/mol. The minimum absolute atomic E-state index is 0.161. The van der Waals surface area contributed by atoms with Gasteiger partial charge in [-0.05, 0) is 44.9 Å².